The third kappa shape index (κ3) is 3.79. The average molecular weight is 425 g/mol. The largest absolute Gasteiger partial charge is 0.325 e. The van der Waals surface area contributed by atoms with E-state index < -0.39 is 15.4 Å². The normalized spacial score (nSPS) is 15.5. The Labute approximate surface area is 169 Å². The molecule has 2 aromatic rings. The van der Waals surface area contributed by atoms with Crippen LogP contribution < -0.4 is 5.32 Å². The number of nitrogens with zero attached hydrogens (tertiary/aromatic N) is 1. The molecule has 0 spiro atoms. The first kappa shape index (κ1) is 20.8. The molecule has 0 unspecified atom stereocenters. The molecule has 2 aromatic carbocycles. The van der Waals surface area contributed by atoms with Crippen LogP contribution in [0.5, 0.6) is 0 Å². The van der Waals surface area contributed by atoms with Gasteiger partial charge in [-0.25, -0.2) is 12.8 Å². The number of halogens is 2. The molecule has 28 heavy (non-hydrogen) atoms. The van der Waals surface area contributed by atoms with Crippen LogP contribution in [0.4, 0.5) is 10.1 Å². The minimum Gasteiger partial charge on any atom is -0.325 e. The number of hydrogen-bond acceptors (Lipinski definition) is 3. The summed E-state index contributed by atoms with van der Waals surface area (Å²) < 4.78 is 40.1. The van der Waals surface area contributed by atoms with Gasteiger partial charge in [0.2, 0.25) is 15.9 Å². The summed E-state index contributed by atoms with van der Waals surface area (Å²) in [6.45, 7) is 4.14. The van der Waals surface area contributed by atoms with Crippen molar-refractivity contribution < 1.29 is 17.6 Å². The van der Waals surface area contributed by atoms with Crippen molar-refractivity contribution in [3.8, 4) is 0 Å². The fraction of sp³-hybridized carbons (Fsp3) is 0.350. The maximum absolute atomic E-state index is 13.2. The van der Waals surface area contributed by atoms with Gasteiger partial charge in [0.1, 0.15) is 10.7 Å². The standard InChI is InChI=1S/C20H22ClFN2O3S/c1-3-24(4-2)28(26,27)18-13-16(9-10-17(18)21)23-19(25)20(11-12-20)14-5-7-15(22)8-6-14/h5-10,13H,3-4,11-12H2,1-2H3,(H,23,25). The SMILES string of the molecule is CCN(CC)S(=O)(=O)c1cc(NC(=O)C2(c3ccc(F)cc3)CC2)ccc1Cl. The van der Waals surface area contributed by atoms with Crippen molar-refractivity contribution in [2.45, 2.75) is 37.0 Å². The molecule has 0 aliphatic heterocycles. The molecule has 0 heterocycles. The molecule has 1 amide bonds. The molecular weight excluding hydrogens is 403 g/mol. The summed E-state index contributed by atoms with van der Waals surface area (Å²) in [4.78, 5) is 12.8. The number of carbonyl (C=O) groups is 1. The maximum atomic E-state index is 13.2. The number of amides is 1. The minimum absolute atomic E-state index is 0.0395. The summed E-state index contributed by atoms with van der Waals surface area (Å²) in [5.74, 6) is -0.600. The zero-order valence-corrected chi connectivity index (χ0v) is 17.3. The second kappa shape index (κ2) is 7.81. The first-order valence-electron chi connectivity index (χ1n) is 9.12. The van der Waals surface area contributed by atoms with E-state index in [4.69, 9.17) is 11.6 Å². The second-order valence-corrected chi connectivity index (χ2v) is 9.09. The Kier molecular flexibility index (Phi) is 5.79. The van der Waals surface area contributed by atoms with E-state index in [2.05, 4.69) is 5.32 Å². The van der Waals surface area contributed by atoms with Gasteiger partial charge in [0.25, 0.3) is 0 Å². The molecule has 0 atom stereocenters. The number of anilines is 1. The molecule has 1 saturated carbocycles. The highest BCUT2D eigenvalue weighted by Crippen LogP contribution is 2.49. The zero-order valence-electron chi connectivity index (χ0n) is 15.7. The number of hydrogen-bond donors (Lipinski definition) is 1. The molecule has 8 heteroatoms. The minimum atomic E-state index is -3.76. The first-order valence-corrected chi connectivity index (χ1v) is 10.9. The first-order chi connectivity index (χ1) is 13.2. The van der Waals surface area contributed by atoms with Crippen LogP contribution in [0.25, 0.3) is 0 Å². The number of rotatable bonds is 7. The van der Waals surface area contributed by atoms with E-state index >= 15 is 0 Å². The van der Waals surface area contributed by atoms with Crippen molar-refractivity contribution in [2.75, 3.05) is 18.4 Å². The topological polar surface area (TPSA) is 66.5 Å². The van der Waals surface area contributed by atoms with Gasteiger partial charge in [-0.15, -0.1) is 0 Å². The van der Waals surface area contributed by atoms with Crippen LogP contribution in [0.15, 0.2) is 47.4 Å². The Hall–Kier alpha value is -1.96. The molecule has 1 aliphatic rings. The maximum Gasteiger partial charge on any atom is 0.244 e. The zero-order chi connectivity index (χ0) is 20.5. The highest BCUT2D eigenvalue weighted by molar-refractivity contribution is 7.89. The smallest absolute Gasteiger partial charge is 0.244 e. The van der Waals surface area contributed by atoms with E-state index in [0.29, 0.717) is 31.6 Å². The molecule has 0 radical (unpaired) electrons. The Morgan fingerprint density at radius 3 is 2.29 bits per heavy atom. The molecule has 1 aliphatic carbocycles. The quantitative estimate of drug-likeness (QED) is 0.725. The molecule has 0 saturated heterocycles. The van der Waals surface area contributed by atoms with Crippen LogP contribution >= 0.6 is 11.6 Å². The summed E-state index contributed by atoms with van der Waals surface area (Å²) in [5.41, 5.74) is 0.399. The summed E-state index contributed by atoms with van der Waals surface area (Å²) in [6.07, 6.45) is 1.31. The number of carbonyl (C=O) groups excluding carboxylic acids is 1. The van der Waals surface area contributed by atoms with Crippen molar-refractivity contribution in [2.24, 2.45) is 0 Å². The van der Waals surface area contributed by atoms with E-state index in [0.717, 1.165) is 5.56 Å². The van der Waals surface area contributed by atoms with E-state index in [1.54, 1.807) is 32.0 Å². The van der Waals surface area contributed by atoms with Crippen LogP contribution in [0.1, 0.15) is 32.3 Å². The second-order valence-electron chi connectivity index (χ2n) is 6.78. The Morgan fingerprint density at radius 1 is 1.14 bits per heavy atom. The summed E-state index contributed by atoms with van der Waals surface area (Å²) in [5, 5.41) is 2.90. The van der Waals surface area contributed by atoms with Crippen molar-refractivity contribution in [3.63, 3.8) is 0 Å². The van der Waals surface area contributed by atoms with E-state index in [1.165, 1.54) is 28.6 Å². The lowest BCUT2D eigenvalue weighted by molar-refractivity contribution is -0.118. The van der Waals surface area contributed by atoms with Crippen LogP contribution in [0.2, 0.25) is 5.02 Å². The van der Waals surface area contributed by atoms with Gasteiger partial charge in [0.05, 0.1) is 10.4 Å². The van der Waals surface area contributed by atoms with Gasteiger partial charge in [0.15, 0.2) is 0 Å². The third-order valence-corrected chi connectivity index (χ3v) is 7.63. The van der Waals surface area contributed by atoms with Gasteiger partial charge in [-0.2, -0.15) is 4.31 Å². The van der Waals surface area contributed by atoms with Gasteiger partial charge in [-0.05, 0) is 48.7 Å². The average Bonchev–Trinajstić information content (AvgIpc) is 3.46. The molecule has 0 bridgehead atoms. The molecule has 1 N–H and O–H groups in total. The molecule has 3 rings (SSSR count). The number of nitrogens with one attached hydrogen (secondary N) is 1. The third-order valence-electron chi connectivity index (χ3n) is 5.09. The summed E-state index contributed by atoms with van der Waals surface area (Å²) in [7, 11) is -3.76. The fourth-order valence-electron chi connectivity index (χ4n) is 3.27. The fourth-order valence-corrected chi connectivity index (χ4v) is 5.23. The summed E-state index contributed by atoms with van der Waals surface area (Å²) >= 11 is 6.13. The predicted octanol–water partition coefficient (Wildman–Crippen LogP) is 4.18. The van der Waals surface area contributed by atoms with Gasteiger partial charge >= 0.3 is 0 Å². The van der Waals surface area contributed by atoms with Crippen molar-refractivity contribution in [1.29, 1.82) is 0 Å². The monoisotopic (exact) mass is 424 g/mol. The lowest BCUT2D eigenvalue weighted by atomic mass is 9.95. The van der Waals surface area contributed by atoms with Crippen molar-refractivity contribution in [1.82, 2.24) is 4.31 Å². The number of benzene rings is 2. The van der Waals surface area contributed by atoms with Crippen LogP contribution in [0.3, 0.4) is 0 Å². The molecule has 5 nitrogen and oxygen atoms in total. The van der Waals surface area contributed by atoms with Crippen LogP contribution in [-0.2, 0) is 20.2 Å². The summed E-state index contributed by atoms with van der Waals surface area (Å²) in [6, 6.07) is 10.3. The van der Waals surface area contributed by atoms with Gasteiger partial charge in [-0.3, -0.25) is 4.79 Å². The highest BCUT2D eigenvalue weighted by atomic mass is 35.5. The van der Waals surface area contributed by atoms with Gasteiger partial charge < -0.3 is 5.32 Å². The predicted molar refractivity (Wildman–Crippen MR) is 108 cm³/mol. The lowest BCUT2D eigenvalue weighted by Gasteiger charge is -2.20. The van der Waals surface area contributed by atoms with Crippen molar-refractivity contribution >= 4 is 33.2 Å². The van der Waals surface area contributed by atoms with Crippen LogP contribution in [0, 0.1) is 5.82 Å². The molecular formula is C20H22ClFN2O3S. The van der Waals surface area contributed by atoms with Crippen molar-refractivity contribution in [3.05, 3.63) is 58.9 Å². The van der Waals surface area contributed by atoms with Crippen LogP contribution in [-0.4, -0.2) is 31.7 Å². The van der Waals surface area contributed by atoms with Gasteiger partial charge in [0, 0.05) is 18.8 Å². The number of sulfonamides is 1. The Morgan fingerprint density at radius 2 is 1.75 bits per heavy atom. The molecule has 1 fully saturated rings. The Balaban J connectivity index is 1.88. The lowest BCUT2D eigenvalue weighted by Crippen LogP contribution is -2.31. The van der Waals surface area contributed by atoms with Gasteiger partial charge in [-0.1, -0.05) is 37.6 Å². The highest BCUT2D eigenvalue weighted by Gasteiger charge is 2.51. The molecule has 0 aromatic heterocycles. The Bertz CT molecular complexity index is 985. The van der Waals surface area contributed by atoms with E-state index in [-0.39, 0.29) is 21.6 Å². The van der Waals surface area contributed by atoms with E-state index in [9.17, 15) is 17.6 Å². The molecule has 150 valence electrons. The van der Waals surface area contributed by atoms with E-state index in [1.807, 2.05) is 0 Å².